The minimum Gasteiger partial charge on any atom is -0.424 e. The Hall–Kier alpha value is -4.40. The van der Waals surface area contributed by atoms with Crippen LogP contribution in [0.2, 0.25) is 0 Å². The predicted octanol–water partition coefficient (Wildman–Crippen LogP) is 4.26. The van der Waals surface area contributed by atoms with Gasteiger partial charge < -0.3 is 34.1 Å². The van der Waals surface area contributed by atoms with Gasteiger partial charge in [-0.2, -0.15) is 0 Å². The van der Waals surface area contributed by atoms with Crippen molar-refractivity contribution in [2.75, 3.05) is 34.0 Å². The molecule has 0 radical (unpaired) electrons. The molecule has 2 heterocycles. The lowest BCUT2D eigenvalue weighted by Crippen LogP contribution is -2.27. The van der Waals surface area contributed by atoms with E-state index in [1.54, 1.807) is 58.4 Å². The SMILES string of the molecule is C=O.C=O.CCCOC.COCCNC(=O)c1ccc(-c2cc3sc(C(C)C(=O)NCc4nnc(C)o4)nc3cc2F)cc1. The van der Waals surface area contributed by atoms with E-state index in [-0.39, 0.29) is 18.4 Å². The van der Waals surface area contributed by atoms with Gasteiger partial charge in [-0.15, -0.1) is 21.5 Å². The molecule has 44 heavy (non-hydrogen) atoms. The van der Waals surface area contributed by atoms with Crippen molar-refractivity contribution in [3.05, 3.63) is 64.6 Å². The van der Waals surface area contributed by atoms with E-state index in [0.29, 0.717) is 52.1 Å². The summed E-state index contributed by atoms with van der Waals surface area (Å²) in [6, 6.07) is 9.78. The van der Waals surface area contributed by atoms with Gasteiger partial charge in [-0.05, 0) is 37.1 Å². The number of thiazole rings is 1. The number of nitrogens with zero attached hydrogens (tertiary/aromatic N) is 3. The van der Waals surface area contributed by atoms with Crippen LogP contribution in [0.3, 0.4) is 0 Å². The Bertz CT molecular complexity index is 1440. The van der Waals surface area contributed by atoms with Crippen LogP contribution in [0.5, 0.6) is 0 Å². The van der Waals surface area contributed by atoms with E-state index in [2.05, 4.69) is 32.7 Å². The molecule has 238 valence electrons. The van der Waals surface area contributed by atoms with E-state index >= 15 is 0 Å². The number of halogens is 1. The molecule has 2 N–H and O–H groups in total. The highest BCUT2D eigenvalue weighted by Crippen LogP contribution is 2.33. The van der Waals surface area contributed by atoms with Gasteiger partial charge in [0, 0.05) is 51.5 Å². The number of aryl methyl sites for hydroxylation is 1. The second-order valence-electron chi connectivity index (χ2n) is 8.83. The molecule has 0 bridgehead atoms. The van der Waals surface area contributed by atoms with Crippen molar-refractivity contribution in [3.63, 3.8) is 0 Å². The molecule has 0 aliphatic carbocycles. The molecular weight excluding hydrogens is 593 g/mol. The van der Waals surface area contributed by atoms with Crippen molar-refractivity contribution in [1.29, 1.82) is 0 Å². The third kappa shape index (κ3) is 11.4. The highest BCUT2D eigenvalue weighted by atomic mass is 32.1. The smallest absolute Gasteiger partial charge is 0.251 e. The number of hydrogen-bond acceptors (Lipinski definition) is 11. The molecule has 0 spiro atoms. The number of nitrogens with one attached hydrogen (secondary N) is 2. The fourth-order valence-electron chi connectivity index (χ4n) is 3.58. The molecule has 1 unspecified atom stereocenters. The van der Waals surface area contributed by atoms with Crippen LogP contribution in [0.1, 0.15) is 53.3 Å². The third-order valence-electron chi connectivity index (χ3n) is 5.70. The molecule has 2 amide bonds. The number of rotatable bonds is 11. The second kappa shape index (κ2) is 20.5. The van der Waals surface area contributed by atoms with Crippen LogP contribution < -0.4 is 10.6 Å². The highest BCUT2D eigenvalue weighted by molar-refractivity contribution is 7.18. The zero-order valence-corrected chi connectivity index (χ0v) is 26.3. The van der Waals surface area contributed by atoms with Crippen LogP contribution in [-0.4, -0.2) is 74.6 Å². The Morgan fingerprint density at radius 2 is 1.68 bits per heavy atom. The van der Waals surface area contributed by atoms with Crippen molar-refractivity contribution >= 4 is 46.9 Å². The summed E-state index contributed by atoms with van der Waals surface area (Å²) in [6.45, 7) is 11.3. The van der Waals surface area contributed by atoms with E-state index in [1.807, 2.05) is 13.6 Å². The fraction of sp³-hybridized carbons (Fsp3) is 0.367. The van der Waals surface area contributed by atoms with Gasteiger partial charge >= 0.3 is 0 Å². The molecule has 14 heteroatoms. The molecular formula is C30H38FN5O7S. The van der Waals surface area contributed by atoms with Gasteiger partial charge in [0.15, 0.2) is 0 Å². The molecule has 2 aromatic carbocycles. The van der Waals surface area contributed by atoms with Gasteiger partial charge in [0.1, 0.15) is 24.4 Å². The average Bonchev–Trinajstić information content (AvgIpc) is 3.67. The Labute approximate surface area is 259 Å². The van der Waals surface area contributed by atoms with Gasteiger partial charge in [-0.1, -0.05) is 19.1 Å². The molecule has 1 atom stereocenters. The monoisotopic (exact) mass is 631 g/mol. The largest absolute Gasteiger partial charge is 0.424 e. The van der Waals surface area contributed by atoms with Crippen LogP contribution in [0, 0.1) is 12.7 Å². The summed E-state index contributed by atoms with van der Waals surface area (Å²) in [5, 5.41) is 13.6. The molecule has 12 nitrogen and oxygen atoms in total. The maximum Gasteiger partial charge on any atom is 0.251 e. The summed E-state index contributed by atoms with van der Waals surface area (Å²) >= 11 is 1.33. The van der Waals surface area contributed by atoms with Gasteiger partial charge in [-0.25, -0.2) is 9.37 Å². The first-order valence-electron chi connectivity index (χ1n) is 13.4. The molecule has 0 aliphatic rings. The zero-order chi connectivity index (χ0) is 33.1. The van der Waals surface area contributed by atoms with Gasteiger partial charge in [0.2, 0.25) is 17.7 Å². The minimum absolute atomic E-state index is 0.119. The van der Waals surface area contributed by atoms with Crippen LogP contribution >= 0.6 is 11.3 Å². The first-order valence-corrected chi connectivity index (χ1v) is 14.2. The van der Waals surface area contributed by atoms with E-state index in [0.717, 1.165) is 17.7 Å². The van der Waals surface area contributed by atoms with Crippen molar-refractivity contribution in [2.24, 2.45) is 0 Å². The Morgan fingerprint density at radius 3 is 2.23 bits per heavy atom. The normalized spacial score (nSPS) is 10.7. The molecule has 4 aromatic rings. The second-order valence-corrected chi connectivity index (χ2v) is 9.89. The Balaban J connectivity index is 0.000000962. The molecule has 0 saturated heterocycles. The van der Waals surface area contributed by atoms with Gasteiger partial charge in [0.25, 0.3) is 5.91 Å². The molecule has 0 saturated carbocycles. The summed E-state index contributed by atoms with van der Waals surface area (Å²) in [5.74, 6) is -0.712. The molecule has 0 fully saturated rings. The maximum atomic E-state index is 14.9. The number of hydrogen-bond donors (Lipinski definition) is 2. The summed E-state index contributed by atoms with van der Waals surface area (Å²) in [4.78, 5) is 45.2. The maximum absolute atomic E-state index is 14.9. The standard InChI is InChI=1S/C24H24FN5O4S.C4H10O.2CH2O/c1-13(22(31)27-12-21-30-29-14(2)34-21)24-28-19-11-18(25)17(10-20(19)35-24)15-4-6-16(7-5-15)23(32)26-8-9-33-3;1-3-4-5-2;2*1-2/h4-7,10-11,13H,8-9,12H2,1-3H3,(H,26,32)(H,27,31);3-4H2,1-2H3;2*1H2. The average molecular weight is 632 g/mol. The Morgan fingerprint density at radius 1 is 1.02 bits per heavy atom. The van der Waals surface area contributed by atoms with Crippen molar-refractivity contribution in [1.82, 2.24) is 25.8 Å². The number of carbonyl (C=O) groups excluding carboxylic acids is 4. The molecule has 2 aromatic heterocycles. The molecule has 0 aliphatic heterocycles. The summed E-state index contributed by atoms with van der Waals surface area (Å²) in [7, 11) is 3.27. The number of methoxy groups -OCH3 is 2. The van der Waals surface area contributed by atoms with Crippen LogP contribution in [-0.2, 0) is 30.4 Å². The van der Waals surface area contributed by atoms with E-state index in [1.165, 1.54) is 17.4 Å². The lowest BCUT2D eigenvalue weighted by Gasteiger charge is -2.07. The minimum atomic E-state index is -0.543. The number of aromatic nitrogens is 3. The lowest BCUT2D eigenvalue weighted by molar-refractivity contribution is -0.122. The summed E-state index contributed by atoms with van der Waals surface area (Å²) in [5.41, 5.74) is 1.98. The number of carbonyl (C=O) groups is 4. The topological polar surface area (TPSA) is 163 Å². The fourth-order valence-corrected chi connectivity index (χ4v) is 4.62. The van der Waals surface area contributed by atoms with Crippen molar-refractivity contribution in [2.45, 2.75) is 39.7 Å². The number of benzene rings is 2. The van der Waals surface area contributed by atoms with Crippen LogP contribution in [0.25, 0.3) is 21.3 Å². The van der Waals surface area contributed by atoms with Crippen molar-refractivity contribution < 1.29 is 37.5 Å². The summed E-state index contributed by atoms with van der Waals surface area (Å²) < 4.78 is 30.5. The third-order valence-corrected chi connectivity index (χ3v) is 6.90. The Kier molecular flexibility index (Phi) is 17.5. The van der Waals surface area contributed by atoms with Gasteiger partial charge in [0.05, 0.1) is 29.3 Å². The first kappa shape index (κ1) is 37.6. The van der Waals surface area contributed by atoms with Crippen molar-refractivity contribution in [3.8, 4) is 11.1 Å². The number of ether oxygens (including phenoxy) is 2. The number of fused-ring (bicyclic) bond motifs is 1. The zero-order valence-electron chi connectivity index (χ0n) is 25.5. The lowest BCUT2D eigenvalue weighted by atomic mass is 10.0. The molecule has 4 rings (SSSR count). The van der Waals surface area contributed by atoms with Crippen LogP contribution in [0.4, 0.5) is 4.39 Å². The van der Waals surface area contributed by atoms with E-state index < -0.39 is 11.7 Å². The first-order chi connectivity index (χ1) is 21.3. The highest BCUT2D eigenvalue weighted by Gasteiger charge is 2.21. The van der Waals surface area contributed by atoms with E-state index in [9.17, 15) is 14.0 Å². The predicted molar refractivity (Wildman–Crippen MR) is 165 cm³/mol. The quantitative estimate of drug-likeness (QED) is 0.229. The van der Waals surface area contributed by atoms with Gasteiger partial charge in [-0.3, -0.25) is 9.59 Å². The summed E-state index contributed by atoms with van der Waals surface area (Å²) in [6.07, 6.45) is 1.12. The number of amides is 2. The van der Waals surface area contributed by atoms with Crippen LogP contribution in [0.15, 0.2) is 40.8 Å². The van der Waals surface area contributed by atoms with E-state index in [4.69, 9.17) is 23.5 Å².